The van der Waals surface area contributed by atoms with Gasteiger partial charge in [-0.2, -0.15) is 5.10 Å². The molecule has 1 N–H and O–H groups in total. The van der Waals surface area contributed by atoms with Crippen LogP contribution in [-0.2, 0) is 11.3 Å². The van der Waals surface area contributed by atoms with Gasteiger partial charge in [-0.1, -0.05) is 26.0 Å². The Bertz CT molecular complexity index is 1020. The number of aromatic amines is 1. The van der Waals surface area contributed by atoms with E-state index in [4.69, 9.17) is 4.74 Å². The second-order valence-electron chi connectivity index (χ2n) is 7.04. The Kier molecular flexibility index (Phi) is 5.58. The van der Waals surface area contributed by atoms with E-state index >= 15 is 0 Å². The molecule has 8 heteroatoms. The second kappa shape index (κ2) is 7.92. The third-order valence-electron chi connectivity index (χ3n) is 4.32. The Morgan fingerprint density at radius 2 is 2.00 bits per heavy atom. The van der Waals surface area contributed by atoms with Gasteiger partial charge in [-0.25, -0.2) is 13.6 Å². The number of benzene rings is 1. The molecular weight excluding hydrogens is 368 g/mol. The summed E-state index contributed by atoms with van der Waals surface area (Å²) in [5.41, 5.74) is 1.14. The largest absolute Gasteiger partial charge is 0.454 e. The Balaban J connectivity index is 1.76. The normalized spacial score (nSPS) is 11.5. The van der Waals surface area contributed by atoms with Crippen LogP contribution in [0.2, 0.25) is 0 Å². The number of aromatic nitrogens is 3. The van der Waals surface area contributed by atoms with E-state index in [9.17, 15) is 18.4 Å². The Hall–Kier alpha value is -3.03. The summed E-state index contributed by atoms with van der Waals surface area (Å²) in [4.78, 5) is 27.8. The van der Waals surface area contributed by atoms with Crippen LogP contribution in [0, 0.1) is 12.8 Å². The molecule has 0 amide bonds. The molecule has 0 aliphatic carbocycles. The van der Waals surface area contributed by atoms with Gasteiger partial charge in [0.15, 0.2) is 6.61 Å². The van der Waals surface area contributed by atoms with Crippen molar-refractivity contribution in [2.45, 2.75) is 33.7 Å². The summed E-state index contributed by atoms with van der Waals surface area (Å²) >= 11 is 0. The minimum absolute atomic E-state index is 0.168. The molecule has 0 saturated heterocycles. The molecule has 3 aromatic rings. The van der Waals surface area contributed by atoms with Crippen molar-refractivity contribution in [2.24, 2.45) is 5.92 Å². The molecule has 0 radical (unpaired) electrons. The maximum atomic E-state index is 13.2. The first-order valence-electron chi connectivity index (χ1n) is 8.90. The van der Waals surface area contributed by atoms with Crippen molar-refractivity contribution in [3.05, 3.63) is 53.0 Å². The van der Waals surface area contributed by atoms with Gasteiger partial charge in [-0.15, -0.1) is 0 Å². The van der Waals surface area contributed by atoms with E-state index in [2.05, 4.69) is 10.1 Å². The minimum Gasteiger partial charge on any atom is -0.454 e. The molecule has 0 atom stereocenters. The van der Waals surface area contributed by atoms with Crippen LogP contribution < -0.4 is 0 Å². The molecular formula is C20H21F2N3O3. The second-order valence-corrected chi connectivity index (χ2v) is 7.04. The average molecular weight is 389 g/mol. The molecule has 3 rings (SSSR count). The highest BCUT2D eigenvalue weighted by molar-refractivity contribution is 6.10. The summed E-state index contributed by atoms with van der Waals surface area (Å²) in [5.74, 6) is -1.24. The van der Waals surface area contributed by atoms with E-state index in [0.29, 0.717) is 12.1 Å². The van der Waals surface area contributed by atoms with Crippen molar-refractivity contribution >= 4 is 22.7 Å². The number of hydrogen-bond acceptors (Lipinski definition) is 4. The predicted octanol–water partition coefficient (Wildman–Crippen LogP) is 4.31. The van der Waals surface area contributed by atoms with Crippen molar-refractivity contribution in [3.63, 3.8) is 0 Å². The number of aryl methyl sites for hydroxylation is 1. The number of ether oxygens (including phenoxy) is 1. The molecule has 0 unspecified atom stereocenters. The minimum atomic E-state index is -2.91. The maximum absolute atomic E-state index is 13.2. The molecule has 1 aromatic carbocycles. The summed E-state index contributed by atoms with van der Waals surface area (Å²) in [6, 6.07) is 5.57. The maximum Gasteiger partial charge on any atom is 0.342 e. The van der Waals surface area contributed by atoms with Crippen LogP contribution in [0.4, 0.5) is 8.78 Å². The molecule has 0 spiro atoms. The lowest BCUT2D eigenvalue weighted by molar-refractivity contribution is 0.0466. The summed E-state index contributed by atoms with van der Waals surface area (Å²) in [6.45, 7) is 5.53. The zero-order valence-electron chi connectivity index (χ0n) is 15.8. The number of carbonyl (C=O) groups is 2. The molecule has 0 saturated carbocycles. The van der Waals surface area contributed by atoms with Crippen LogP contribution in [0.1, 0.15) is 52.2 Å². The van der Waals surface area contributed by atoms with Crippen molar-refractivity contribution in [1.29, 1.82) is 0 Å². The molecule has 0 bridgehead atoms. The van der Waals surface area contributed by atoms with Gasteiger partial charge in [0.1, 0.15) is 11.3 Å². The Morgan fingerprint density at radius 3 is 2.68 bits per heavy atom. The summed E-state index contributed by atoms with van der Waals surface area (Å²) in [6.07, 6.45) is -0.119. The lowest BCUT2D eigenvalue weighted by Gasteiger charge is -2.05. The van der Waals surface area contributed by atoms with Crippen LogP contribution in [0.3, 0.4) is 0 Å². The van der Waals surface area contributed by atoms with E-state index in [1.165, 1.54) is 10.9 Å². The molecule has 0 fully saturated rings. The number of halogens is 2. The van der Waals surface area contributed by atoms with Crippen LogP contribution in [0.15, 0.2) is 30.6 Å². The van der Waals surface area contributed by atoms with Crippen molar-refractivity contribution in [2.75, 3.05) is 6.61 Å². The van der Waals surface area contributed by atoms with Crippen LogP contribution in [0.5, 0.6) is 0 Å². The van der Waals surface area contributed by atoms with E-state index in [0.717, 1.165) is 16.5 Å². The molecule has 2 aromatic heterocycles. The average Bonchev–Trinajstić information content (AvgIpc) is 3.24. The van der Waals surface area contributed by atoms with Gasteiger partial charge in [0.2, 0.25) is 5.78 Å². The first kappa shape index (κ1) is 19.7. The number of hydrogen-bond donors (Lipinski definition) is 1. The van der Waals surface area contributed by atoms with Gasteiger partial charge >= 0.3 is 5.97 Å². The smallest absolute Gasteiger partial charge is 0.342 e. The van der Waals surface area contributed by atoms with Gasteiger partial charge < -0.3 is 9.72 Å². The number of fused-ring (bicyclic) bond motifs is 1. The van der Waals surface area contributed by atoms with Crippen molar-refractivity contribution in [1.82, 2.24) is 14.8 Å². The number of H-pyrrole nitrogens is 1. The van der Waals surface area contributed by atoms with E-state index in [-0.39, 0.29) is 11.5 Å². The van der Waals surface area contributed by atoms with Gasteiger partial charge in [-0.3, -0.25) is 9.48 Å². The molecule has 2 heterocycles. The Morgan fingerprint density at radius 1 is 1.25 bits per heavy atom. The van der Waals surface area contributed by atoms with Gasteiger partial charge in [0.25, 0.3) is 6.43 Å². The van der Waals surface area contributed by atoms with E-state index < -0.39 is 30.5 Å². The fourth-order valence-corrected chi connectivity index (χ4v) is 3.10. The SMILES string of the molecule is Cc1cccc2[nH]cc(C(=O)COC(=O)c3cn(CC(C)C)nc3C(F)F)c12. The number of esters is 1. The highest BCUT2D eigenvalue weighted by atomic mass is 19.3. The molecule has 28 heavy (non-hydrogen) atoms. The highest BCUT2D eigenvalue weighted by Gasteiger charge is 2.25. The lowest BCUT2D eigenvalue weighted by Crippen LogP contribution is -2.15. The number of nitrogens with one attached hydrogen (secondary N) is 1. The number of carbonyl (C=O) groups excluding carboxylic acids is 2. The third-order valence-corrected chi connectivity index (χ3v) is 4.32. The molecule has 0 aliphatic rings. The number of nitrogens with zero attached hydrogens (tertiary/aromatic N) is 2. The van der Waals surface area contributed by atoms with E-state index in [1.54, 1.807) is 6.20 Å². The highest BCUT2D eigenvalue weighted by Crippen LogP contribution is 2.24. The molecule has 6 nitrogen and oxygen atoms in total. The monoisotopic (exact) mass is 389 g/mol. The number of alkyl halides is 2. The van der Waals surface area contributed by atoms with Crippen molar-refractivity contribution < 1.29 is 23.1 Å². The summed E-state index contributed by atoms with van der Waals surface area (Å²) in [5, 5.41) is 4.53. The number of ketones is 1. The lowest BCUT2D eigenvalue weighted by atomic mass is 10.1. The topological polar surface area (TPSA) is 77.0 Å². The quantitative estimate of drug-likeness (QED) is 0.483. The third kappa shape index (κ3) is 3.95. The molecule has 148 valence electrons. The predicted molar refractivity (Wildman–Crippen MR) is 99.7 cm³/mol. The fraction of sp³-hybridized carbons (Fsp3) is 0.350. The van der Waals surface area contributed by atoms with Crippen LogP contribution in [0.25, 0.3) is 10.9 Å². The summed E-state index contributed by atoms with van der Waals surface area (Å²) < 4.78 is 32.8. The first-order chi connectivity index (χ1) is 13.3. The zero-order chi connectivity index (χ0) is 20.4. The number of rotatable bonds is 7. The van der Waals surface area contributed by atoms with E-state index in [1.807, 2.05) is 39.0 Å². The van der Waals surface area contributed by atoms with Gasteiger partial charge in [-0.05, 0) is 24.5 Å². The van der Waals surface area contributed by atoms with Crippen LogP contribution >= 0.6 is 0 Å². The summed E-state index contributed by atoms with van der Waals surface area (Å²) in [7, 11) is 0. The molecule has 0 aliphatic heterocycles. The number of Topliss-reactive ketones (excluding diaryl/α,β-unsaturated/α-hetero) is 1. The zero-order valence-corrected chi connectivity index (χ0v) is 15.8. The van der Waals surface area contributed by atoms with Gasteiger partial charge in [0.05, 0.1) is 0 Å². The standard InChI is InChI=1S/C20H21F2N3O3/c1-11(2)8-25-9-14(18(24-25)19(21)22)20(27)28-10-16(26)13-7-23-15-6-4-5-12(3)17(13)15/h4-7,9,11,19,23H,8,10H2,1-3H3. The first-order valence-corrected chi connectivity index (χ1v) is 8.90. The van der Waals surface area contributed by atoms with Gasteiger partial charge in [0, 0.05) is 35.4 Å². The fourth-order valence-electron chi connectivity index (χ4n) is 3.10. The Labute approximate surface area is 160 Å². The van der Waals surface area contributed by atoms with Crippen LogP contribution in [-0.4, -0.2) is 33.1 Å². The van der Waals surface area contributed by atoms with Crippen molar-refractivity contribution in [3.8, 4) is 0 Å².